The van der Waals surface area contributed by atoms with Gasteiger partial charge >= 0.3 is 5.97 Å². The van der Waals surface area contributed by atoms with Crippen molar-refractivity contribution in [1.82, 2.24) is 0 Å². The normalized spacial score (nSPS) is 9.96. The van der Waals surface area contributed by atoms with Crippen molar-refractivity contribution in [2.75, 3.05) is 12.3 Å². The van der Waals surface area contributed by atoms with E-state index in [1.165, 1.54) is 0 Å². The molecule has 3 rings (SSSR count). The van der Waals surface area contributed by atoms with Gasteiger partial charge in [0.15, 0.2) is 0 Å². The van der Waals surface area contributed by atoms with E-state index in [2.05, 4.69) is 6.07 Å². The van der Waals surface area contributed by atoms with Gasteiger partial charge in [-0.25, -0.2) is 4.79 Å². The molecule has 2 N–H and O–H groups in total. The van der Waals surface area contributed by atoms with Gasteiger partial charge in [-0.15, -0.1) is 0 Å². The second-order valence-corrected chi connectivity index (χ2v) is 5.96. The Kier molecular flexibility index (Phi) is 5.39. The lowest BCUT2D eigenvalue weighted by Gasteiger charge is -2.20. The number of nitriles is 2. The third-order valence-electron chi connectivity index (χ3n) is 4.37. The highest BCUT2D eigenvalue weighted by molar-refractivity contribution is 6.08. The van der Waals surface area contributed by atoms with Crippen molar-refractivity contribution in [3.63, 3.8) is 0 Å². The zero-order valence-electron chi connectivity index (χ0n) is 15.3. The maximum absolute atomic E-state index is 12.8. The van der Waals surface area contributed by atoms with E-state index in [-0.39, 0.29) is 29.0 Å². The average Bonchev–Trinajstić information content (AvgIpc) is 2.74. The maximum Gasteiger partial charge on any atom is 0.340 e. The Bertz CT molecular complexity index is 1110. The number of nitrogen functional groups attached to an aromatic ring is 1. The zero-order valence-corrected chi connectivity index (χ0v) is 15.3. The van der Waals surface area contributed by atoms with Crippen LogP contribution in [-0.4, -0.2) is 12.6 Å². The Morgan fingerprint density at radius 3 is 1.86 bits per heavy atom. The van der Waals surface area contributed by atoms with Gasteiger partial charge < -0.3 is 10.5 Å². The molecular formula is C23H17N3O2. The molecule has 0 saturated carbocycles. The summed E-state index contributed by atoms with van der Waals surface area (Å²) in [5.41, 5.74) is 8.73. The van der Waals surface area contributed by atoms with Crippen LogP contribution in [0.2, 0.25) is 0 Å². The minimum absolute atomic E-state index is 0.0217. The van der Waals surface area contributed by atoms with Gasteiger partial charge in [0, 0.05) is 11.1 Å². The largest absolute Gasteiger partial charge is 0.462 e. The molecule has 5 nitrogen and oxygen atoms in total. The predicted octanol–water partition coefficient (Wildman–Crippen LogP) is 4.52. The number of benzene rings is 3. The third-order valence-corrected chi connectivity index (χ3v) is 4.37. The summed E-state index contributed by atoms with van der Waals surface area (Å²) in [7, 11) is 0. The van der Waals surface area contributed by atoms with E-state index in [1.807, 2.05) is 66.7 Å². The van der Waals surface area contributed by atoms with E-state index in [0.717, 1.165) is 5.56 Å². The molecule has 0 aliphatic carbocycles. The highest BCUT2D eigenvalue weighted by Crippen LogP contribution is 2.42. The summed E-state index contributed by atoms with van der Waals surface area (Å²) in [6, 6.07) is 22.5. The number of esters is 1. The highest BCUT2D eigenvalue weighted by atomic mass is 16.5. The van der Waals surface area contributed by atoms with E-state index >= 15 is 0 Å². The molecule has 28 heavy (non-hydrogen) atoms. The molecule has 5 heteroatoms. The smallest absolute Gasteiger partial charge is 0.340 e. The fraction of sp³-hybridized carbons (Fsp3) is 0.0870. The number of anilines is 1. The minimum atomic E-state index is -0.647. The topological polar surface area (TPSA) is 99.9 Å². The number of carbonyl (C=O) groups is 1. The number of ether oxygens (including phenoxy) is 1. The number of carbonyl (C=O) groups excluding carboxylic acids is 1. The Morgan fingerprint density at radius 1 is 0.893 bits per heavy atom. The minimum Gasteiger partial charge on any atom is -0.462 e. The first-order valence-electron chi connectivity index (χ1n) is 8.71. The van der Waals surface area contributed by atoms with Crippen LogP contribution in [0, 0.1) is 22.7 Å². The van der Waals surface area contributed by atoms with Gasteiger partial charge in [-0.3, -0.25) is 0 Å². The fourth-order valence-electron chi connectivity index (χ4n) is 3.20. The van der Waals surface area contributed by atoms with E-state index in [0.29, 0.717) is 16.7 Å². The molecule has 0 spiro atoms. The third kappa shape index (κ3) is 3.18. The summed E-state index contributed by atoms with van der Waals surface area (Å²) < 4.78 is 5.22. The van der Waals surface area contributed by atoms with Crippen LogP contribution in [-0.2, 0) is 4.74 Å². The van der Waals surface area contributed by atoms with Crippen molar-refractivity contribution in [2.24, 2.45) is 0 Å². The summed E-state index contributed by atoms with van der Waals surface area (Å²) in [5.74, 6) is -0.647. The first kappa shape index (κ1) is 18.7. The number of hydrogen-bond donors (Lipinski definition) is 1. The van der Waals surface area contributed by atoms with Crippen molar-refractivity contribution in [3.05, 3.63) is 77.4 Å². The summed E-state index contributed by atoms with van der Waals surface area (Å²) in [6.07, 6.45) is 0. The van der Waals surface area contributed by atoms with Crippen molar-refractivity contribution < 1.29 is 9.53 Å². The van der Waals surface area contributed by atoms with Gasteiger partial charge in [-0.2, -0.15) is 10.5 Å². The van der Waals surface area contributed by atoms with Crippen LogP contribution in [0.25, 0.3) is 22.3 Å². The first-order chi connectivity index (χ1) is 13.6. The number of nitrogens with zero attached hydrogens (tertiary/aromatic N) is 2. The number of rotatable bonds is 4. The molecule has 0 fully saturated rings. The molecule has 0 aliphatic heterocycles. The van der Waals surface area contributed by atoms with Crippen molar-refractivity contribution in [1.29, 1.82) is 10.5 Å². The van der Waals surface area contributed by atoms with Crippen LogP contribution in [0.15, 0.2) is 60.7 Å². The Morgan fingerprint density at radius 2 is 1.39 bits per heavy atom. The maximum atomic E-state index is 12.8. The molecule has 0 aromatic heterocycles. The Balaban J connectivity index is 2.56. The lowest BCUT2D eigenvalue weighted by atomic mass is 9.83. The summed E-state index contributed by atoms with van der Waals surface area (Å²) in [4.78, 5) is 12.8. The van der Waals surface area contributed by atoms with Gasteiger partial charge in [0.25, 0.3) is 0 Å². The molecule has 0 amide bonds. The van der Waals surface area contributed by atoms with Crippen LogP contribution < -0.4 is 5.73 Å². The molecule has 3 aromatic rings. The molecule has 0 radical (unpaired) electrons. The van der Waals surface area contributed by atoms with Gasteiger partial charge in [-0.1, -0.05) is 60.7 Å². The van der Waals surface area contributed by atoms with Crippen LogP contribution >= 0.6 is 0 Å². The molecule has 0 atom stereocenters. The van der Waals surface area contributed by atoms with E-state index in [4.69, 9.17) is 10.5 Å². The number of hydrogen-bond acceptors (Lipinski definition) is 5. The van der Waals surface area contributed by atoms with E-state index in [1.54, 1.807) is 6.92 Å². The van der Waals surface area contributed by atoms with E-state index < -0.39 is 5.97 Å². The lowest BCUT2D eigenvalue weighted by Crippen LogP contribution is -2.13. The van der Waals surface area contributed by atoms with Crippen molar-refractivity contribution in [3.8, 4) is 34.4 Å². The molecule has 0 unspecified atom stereocenters. The van der Waals surface area contributed by atoms with E-state index in [9.17, 15) is 15.3 Å². The van der Waals surface area contributed by atoms with Gasteiger partial charge in [0.2, 0.25) is 0 Å². The quantitative estimate of drug-likeness (QED) is 0.540. The average molecular weight is 367 g/mol. The highest BCUT2D eigenvalue weighted by Gasteiger charge is 2.29. The standard InChI is InChI=1S/C23H17N3O2/c1-2-28-23(27)21-18(14-25)22(26)17(13-24)19(15-9-5-3-6-10-15)20(21)16-11-7-4-8-12-16/h3-12H,2,26H2,1H3. The zero-order chi connectivity index (χ0) is 20.1. The molecule has 3 aromatic carbocycles. The van der Waals surface area contributed by atoms with Crippen molar-refractivity contribution in [2.45, 2.75) is 6.92 Å². The second-order valence-electron chi connectivity index (χ2n) is 5.96. The molecule has 0 bridgehead atoms. The predicted molar refractivity (Wildman–Crippen MR) is 107 cm³/mol. The summed E-state index contributed by atoms with van der Waals surface area (Å²) in [5, 5.41) is 19.6. The van der Waals surface area contributed by atoms with Gasteiger partial charge in [0.05, 0.1) is 29.0 Å². The monoisotopic (exact) mass is 367 g/mol. The Labute approximate surface area is 163 Å². The van der Waals surface area contributed by atoms with Crippen LogP contribution in [0.4, 0.5) is 5.69 Å². The molecular weight excluding hydrogens is 350 g/mol. The Hall–Kier alpha value is -4.09. The fourth-order valence-corrected chi connectivity index (χ4v) is 3.20. The lowest BCUT2D eigenvalue weighted by molar-refractivity contribution is 0.0527. The SMILES string of the molecule is CCOC(=O)c1c(C#N)c(N)c(C#N)c(-c2ccccc2)c1-c1ccccc1. The summed E-state index contributed by atoms with van der Waals surface area (Å²) >= 11 is 0. The van der Waals surface area contributed by atoms with Crippen molar-refractivity contribution >= 4 is 11.7 Å². The summed E-state index contributed by atoms with van der Waals surface area (Å²) in [6.45, 7) is 1.84. The van der Waals surface area contributed by atoms with Gasteiger partial charge in [-0.05, 0) is 18.1 Å². The second kappa shape index (κ2) is 8.07. The molecule has 0 saturated heterocycles. The van der Waals surface area contributed by atoms with Crippen LogP contribution in [0.1, 0.15) is 28.4 Å². The molecule has 0 heterocycles. The van der Waals surface area contributed by atoms with Crippen LogP contribution in [0.5, 0.6) is 0 Å². The van der Waals surface area contributed by atoms with Crippen LogP contribution in [0.3, 0.4) is 0 Å². The number of nitrogens with two attached hydrogens (primary N) is 1. The molecule has 0 aliphatic rings. The first-order valence-corrected chi connectivity index (χ1v) is 8.71. The van der Waals surface area contributed by atoms with Gasteiger partial charge in [0.1, 0.15) is 12.1 Å². The molecule has 136 valence electrons.